The summed E-state index contributed by atoms with van der Waals surface area (Å²) < 4.78 is 5.05. The first-order valence-corrected chi connectivity index (χ1v) is 11.9. The van der Waals surface area contributed by atoms with E-state index in [1.54, 1.807) is 0 Å². The second kappa shape index (κ2) is 6.21. The Hall–Kier alpha value is -4.15. The zero-order valence-electron chi connectivity index (χ0n) is 17.5. The summed E-state index contributed by atoms with van der Waals surface area (Å²) in [5.41, 5.74) is 5.84. The third-order valence-corrected chi connectivity index (χ3v) is 7.98. The molecule has 0 aliphatic carbocycles. The van der Waals surface area contributed by atoms with Gasteiger partial charge in [0.25, 0.3) is 0 Å². The molecule has 0 radical (unpaired) electrons. The highest BCUT2D eigenvalue weighted by atomic mass is 32.1. The Bertz CT molecular complexity index is 2020. The van der Waals surface area contributed by atoms with Crippen molar-refractivity contribution in [1.82, 2.24) is 14.5 Å². The number of hydrogen-bond acceptors (Lipinski definition) is 2. The van der Waals surface area contributed by atoms with Crippen molar-refractivity contribution in [3.63, 3.8) is 0 Å². The van der Waals surface area contributed by atoms with E-state index in [0.29, 0.717) is 0 Å². The molecule has 0 bridgehead atoms. The van der Waals surface area contributed by atoms with Gasteiger partial charge in [-0.3, -0.25) is 4.98 Å². The monoisotopic (exact) mass is 439 g/mol. The molecular formula is C29H17N3S. The molecule has 4 heterocycles. The van der Waals surface area contributed by atoms with Crippen molar-refractivity contribution in [2.75, 3.05) is 0 Å². The smallest absolute Gasteiger partial charge is 0.0791 e. The largest absolute Gasteiger partial charge is 0.353 e. The average molecular weight is 440 g/mol. The Kier molecular flexibility index (Phi) is 3.28. The third kappa shape index (κ3) is 2.16. The van der Waals surface area contributed by atoms with Crippen LogP contribution in [0.5, 0.6) is 0 Å². The van der Waals surface area contributed by atoms with E-state index in [0.717, 1.165) is 5.69 Å². The molecule has 0 aliphatic heterocycles. The standard InChI is InChI=1S/C29H17N3S/c1-4-12-21-18(9-1)26-27(31-21)28-24(25-20-11-3-6-14-23(20)33-29(25)26)19-10-2-5-13-22(19)32(28)17-8-7-15-30-16-17/h1-16,31H. The minimum absolute atomic E-state index is 1.07. The molecule has 0 fully saturated rings. The molecule has 33 heavy (non-hydrogen) atoms. The van der Waals surface area contributed by atoms with Crippen LogP contribution < -0.4 is 0 Å². The number of fused-ring (bicyclic) bond motifs is 12. The lowest BCUT2D eigenvalue weighted by molar-refractivity contribution is 1.14. The lowest BCUT2D eigenvalue weighted by Crippen LogP contribution is -1.94. The van der Waals surface area contributed by atoms with Crippen LogP contribution in [0.4, 0.5) is 0 Å². The fourth-order valence-corrected chi connectivity index (χ4v) is 6.78. The molecule has 0 aliphatic rings. The quantitative estimate of drug-likeness (QED) is 0.275. The summed E-state index contributed by atoms with van der Waals surface area (Å²) in [6, 6.07) is 30.4. The van der Waals surface area contributed by atoms with Crippen molar-refractivity contribution in [3.05, 3.63) is 97.3 Å². The Morgan fingerprint density at radius 3 is 2.36 bits per heavy atom. The van der Waals surface area contributed by atoms with Crippen LogP contribution in [0, 0.1) is 0 Å². The first kappa shape index (κ1) is 17.4. The molecule has 8 aromatic rings. The van der Waals surface area contributed by atoms with Crippen LogP contribution in [-0.2, 0) is 0 Å². The number of benzene rings is 4. The van der Waals surface area contributed by atoms with Gasteiger partial charge in [0, 0.05) is 53.4 Å². The lowest BCUT2D eigenvalue weighted by Gasteiger charge is -2.08. The van der Waals surface area contributed by atoms with Gasteiger partial charge < -0.3 is 9.55 Å². The lowest BCUT2D eigenvalue weighted by atomic mass is 10.0. The summed E-state index contributed by atoms with van der Waals surface area (Å²) in [6.45, 7) is 0. The van der Waals surface area contributed by atoms with Crippen LogP contribution in [0.3, 0.4) is 0 Å². The third-order valence-electron chi connectivity index (χ3n) is 6.79. The molecule has 0 saturated heterocycles. The number of para-hydroxylation sites is 2. The van der Waals surface area contributed by atoms with Gasteiger partial charge in [-0.05, 0) is 30.3 Å². The van der Waals surface area contributed by atoms with E-state index in [-0.39, 0.29) is 0 Å². The number of H-pyrrole nitrogens is 1. The molecular weight excluding hydrogens is 422 g/mol. The molecule has 0 spiro atoms. The molecule has 8 rings (SSSR count). The molecule has 4 heteroatoms. The van der Waals surface area contributed by atoms with E-state index >= 15 is 0 Å². The minimum atomic E-state index is 1.07. The van der Waals surface area contributed by atoms with Crippen molar-refractivity contribution in [2.45, 2.75) is 0 Å². The van der Waals surface area contributed by atoms with Gasteiger partial charge in [-0.15, -0.1) is 11.3 Å². The normalized spacial score (nSPS) is 12.2. The molecule has 154 valence electrons. The van der Waals surface area contributed by atoms with Gasteiger partial charge in [0.05, 0.1) is 28.4 Å². The second-order valence-electron chi connectivity index (χ2n) is 8.51. The summed E-state index contributed by atoms with van der Waals surface area (Å²) in [5.74, 6) is 0. The zero-order valence-corrected chi connectivity index (χ0v) is 18.4. The number of pyridine rings is 1. The van der Waals surface area contributed by atoms with Crippen LogP contribution in [0.2, 0.25) is 0 Å². The van der Waals surface area contributed by atoms with Gasteiger partial charge in [0.2, 0.25) is 0 Å². The van der Waals surface area contributed by atoms with E-state index in [1.807, 2.05) is 29.8 Å². The fourth-order valence-electron chi connectivity index (χ4n) is 5.51. The van der Waals surface area contributed by atoms with Crippen LogP contribution in [0.1, 0.15) is 0 Å². The van der Waals surface area contributed by atoms with Gasteiger partial charge in [-0.1, -0.05) is 54.6 Å². The molecule has 1 N–H and O–H groups in total. The molecule has 4 aromatic heterocycles. The first-order valence-electron chi connectivity index (χ1n) is 11.1. The first-order chi connectivity index (χ1) is 16.4. The summed E-state index contributed by atoms with van der Waals surface area (Å²) in [5, 5.41) is 7.83. The van der Waals surface area contributed by atoms with Crippen molar-refractivity contribution < 1.29 is 0 Å². The molecule has 0 atom stereocenters. The van der Waals surface area contributed by atoms with Gasteiger partial charge in [0.1, 0.15) is 0 Å². The number of thiophene rings is 1. The van der Waals surface area contributed by atoms with E-state index in [2.05, 4.69) is 93.4 Å². The minimum Gasteiger partial charge on any atom is -0.353 e. The van der Waals surface area contributed by atoms with Crippen molar-refractivity contribution in [1.29, 1.82) is 0 Å². The highest BCUT2D eigenvalue weighted by Gasteiger charge is 2.23. The van der Waals surface area contributed by atoms with Crippen LogP contribution in [-0.4, -0.2) is 14.5 Å². The number of nitrogens with zero attached hydrogens (tertiary/aromatic N) is 2. The van der Waals surface area contributed by atoms with Gasteiger partial charge in [-0.2, -0.15) is 0 Å². The zero-order chi connectivity index (χ0) is 21.5. The maximum atomic E-state index is 4.45. The Balaban J connectivity index is 1.80. The molecule has 0 amide bonds. The highest BCUT2D eigenvalue weighted by Crippen LogP contribution is 2.49. The van der Waals surface area contributed by atoms with E-state index in [1.165, 1.54) is 63.8 Å². The Labute approximate surface area is 192 Å². The summed E-state index contributed by atoms with van der Waals surface area (Å²) in [7, 11) is 0. The number of nitrogens with one attached hydrogen (secondary N) is 1. The summed E-state index contributed by atoms with van der Waals surface area (Å²) in [6.07, 6.45) is 3.79. The maximum absolute atomic E-state index is 4.45. The number of rotatable bonds is 1. The number of aromatic amines is 1. The molecule has 4 aromatic carbocycles. The summed E-state index contributed by atoms with van der Waals surface area (Å²) in [4.78, 5) is 8.24. The van der Waals surface area contributed by atoms with Crippen molar-refractivity contribution in [3.8, 4) is 5.69 Å². The van der Waals surface area contributed by atoms with Crippen molar-refractivity contribution >= 4 is 75.1 Å². The molecule has 3 nitrogen and oxygen atoms in total. The molecule has 0 unspecified atom stereocenters. The fraction of sp³-hybridized carbons (Fsp3) is 0. The van der Waals surface area contributed by atoms with Crippen LogP contribution in [0.25, 0.3) is 69.5 Å². The SMILES string of the molecule is c1cncc(-n2c3ccccc3c3c4c5ccccc5sc4c4c5ccccc5[nH]c4c32)c1. The predicted molar refractivity (Wildman–Crippen MR) is 141 cm³/mol. The predicted octanol–water partition coefficient (Wildman–Crippen LogP) is 8.18. The maximum Gasteiger partial charge on any atom is 0.0791 e. The Morgan fingerprint density at radius 2 is 1.48 bits per heavy atom. The van der Waals surface area contributed by atoms with Gasteiger partial charge >= 0.3 is 0 Å². The Morgan fingerprint density at radius 1 is 0.697 bits per heavy atom. The highest BCUT2D eigenvalue weighted by molar-refractivity contribution is 7.27. The van der Waals surface area contributed by atoms with E-state index in [9.17, 15) is 0 Å². The number of hydrogen-bond donors (Lipinski definition) is 1. The van der Waals surface area contributed by atoms with E-state index in [4.69, 9.17) is 0 Å². The number of aromatic nitrogens is 3. The van der Waals surface area contributed by atoms with Crippen molar-refractivity contribution in [2.24, 2.45) is 0 Å². The molecule has 0 saturated carbocycles. The van der Waals surface area contributed by atoms with Gasteiger partial charge in [0.15, 0.2) is 0 Å². The topological polar surface area (TPSA) is 33.6 Å². The average Bonchev–Trinajstić information content (AvgIpc) is 3.54. The van der Waals surface area contributed by atoms with E-state index < -0.39 is 0 Å². The summed E-state index contributed by atoms with van der Waals surface area (Å²) >= 11 is 1.90. The van der Waals surface area contributed by atoms with Crippen LogP contribution in [0.15, 0.2) is 97.3 Å². The second-order valence-corrected chi connectivity index (χ2v) is 9.56. The van der Waals surface area contributed by atoms with Crippen LogP contribution >= 0.6 is 11.3 Å². The van der Waals surface area contributed by atoms with Gasteiger partial charge in [-0.25, -0.2) is 0 Å².